The van der Waals surface area contributed by atoms with Gasteiger partial charge in [-0.2, -0.15) is 0 Å². The van der Waals surface area contributed by atoms with Gasteiger partial charge in [0, 0.05) is 0 Å². The minimum atomic E-state index is 0.472. The van der Waals surface area contributed by atoms with Crippen LogP contribution in [-0.2, 0) is 0 Å². The first-order valence-electron chi connectivity index (χ1n) is 4.42. The van der Waals surface area contributed by atoms with Crippen LogP contribution in [0.1, 0.15) is 33.6 Å². The Labute approximate surface area is 65.8 Å². The Morgan fingerprint density at radius 2 is 1.90 bits per heavy atom. The van der Waals surface area contributed by atoms with Crippen LogP contribution >= 0.6 is 0 Å². The third-order valence-corrected chi connectivity index (χ3v) is 3.35. The van der Waals surface area contributed by atoms with Gasteiger partial charge in [-0.05, 0) is 17.8 Å². The molecule has 0 nitrogen and oxygen atoms in total. The Kier molecular flexibility index (Phi) is 2.43. The second-order valence-corrected chi connectivity index (χ2v) is 3.79. The molecule has 0 saturated heterocycles. The average molecular weight is 136 g/mol. The van der Waals surface area contributed by atoms with Crippen molar-refractivity contribution in [2.45, 2.75) is 39.4 Å². The van der Waals surface area contributed by atoms with Crippen molar-refractivity contribution in [1.82, 2.24) is 0 Å². The number of hydrogen-bond donors (Lipinski definition) is 0. The fourth-order valence-electron chi connectivity index (χ4n) is 2.14. The van der Waals surface area contributed by atoms with Crippen LogP contribution in [0.5, 0.6) is 0 Å². The van der Waals surface area contributed by atoms with Crippen molar-refractivity contribution in [3.8, 4) is 0 Å². The Morgan fingerprint density at radius 1 is 1.30 bits per heavy atom. The smallest absolute Gasteiger partial charge is 0.0703 e. The molecule has 10 heavy (non-hydrogen) atoms. The standard InChI is InChI=1S/C9H17B/c1-4-8-5-9(10)7(3)6(8)2/h6-9H,4-5H2,1-3H3. The molecular formula is C9H17B. The highest BCUT2D eigenvalue weighted by atomic mass is 14.4. The molecule has 0 amide bonds. The largest absolute Gasteiger partial charge is 0.0743 e. The van der Waals surface area contributed by atoms with Crippen LogP contribution in [0.4, 0.5) is 0 Å². The molecule has 0 heterocycles. The third-order valence-electron chi connectivity index (χ3n) is 3.35. The molecule has 1 aliphatic carbocycles. The zero-order chi connectivity index (χ0) is 7.72. The van der Waals surface area contributed by atoms with Gasteiger partial charge in [0.1, 0.15) is 0 Å². The zero-order valence-electron chi connectivity index (χ0n) is 7.30. The lowest BCUT2D eigenvalue weighted by molar-refractivity contribution is 0.349. The van der Waals surface area contributed by atoms with E-state index in [1.165, 1.54) is 12.8 Å². The molecule has 4 atom stereocenters. The van der Waals surface area contributed by atoms with Crippen LogP contribution in [0.15, 0.2) is 0 Å². The molecule has 1 heteroatoms. The first-order valence-corrected chi connectivity index (χ1v) is 4.42. The molecular weight excluding hydrogens is 119 g/mol. The third kappa shape index (κ3) is 1.23. The Balaban J connectivity index is 2.53. The van der Waals surface area contributed by atoms with Gasteiger partial charge in [0.05, 0.1) is 7.85 Å². The van der Waals surface area contributed by atoms with Crippen LogP contribution in [-0.4, -0.2) is 7.85 Å². The van der Waals surface area contributed by atoms with Crippen molar-refractivity contribution in [2.75, 3.05) is 0 Å². The molecule has 2 radical (unpaired) electrons. The summed E-state index contributed by atoms with van der Waals surface area (Å²) in [5.41, 5.74) is 0. The minimum absolute atomic E-state index is 0.472. The van der Waals surface area contributed by atoms with Gasteiger partial charge < -0.3 is 0 Å². The molecule has 0 N–H and O–H groups in total. The molecule has 1 aliphatic rings. The van der Waals surface area contributed by atoms with E-state index in [1.54, 1.807) is 0 Å². The minimum Gasteiger partial charge on any atom is -0.0743 e. The van der Waals surface area contributed by atoms with Gasteiger partial charge in [-0.25, -0.2) is 0 Å². The second-order valence-electron chi connectivity index (χ2n) is 3.79. The fourth-order valence-corrected chi connectivity index (χ4v) is 2.14. The summed E-state index contributed by atoms with van der Waals surface area (Å²) in [6.07, 6.45) is 2.55. The molecule has 0 aliphatic heterocycles. The van der Waals surface area contributed by atoms with Gasteiger partial charge in [0.15, 0.2) is 0 Å². The van der Waals surface area contributed by atoms with Gasteiger partial charge >= 0.3 is 0 Å². The normalized spacial score (nSPS) is 47.9. The van der Waals surface area contributed by atoms with Gasteiger partial charge in [-0.1, -0.05) is 39.4 Å². The predicted molar refractivity (Wildman–Crippen MR) is 46.2 cm³/mol. The van der Waals surface area contributed by atoms with E-state index in [0.29, 0.717) is 5.82 Å². The molecule has 0 aromatic rings. The summed E-state index contributed by atoms with van der Waals surface area (Å²) >= 11 is 0. The summed E-state index contributed by atoms with van der Waals surface area (Å²) in [6, 6.07) is 0. The first-order chi connectivity index (χ1) is 4.66. The van der Waals surface area contributed by atoms with E-state index in [2.05, 4.69) is 20.8 Å². The van der Waals surface area contributed by atoms with Crippen molar-refractivity contribution in [2.24, 2.45) is 17.8 Å². The van der Waals surface area contributed by atoms with Crippen molar-refractivity contribution in [3.05, 3.63) is 0 Å². The summed E-state index contributed by atoms with van der Waals surface area (Å²) in [5, 5.41) is 0. The maximum atomic E-state index is 5.93. The van der Waals surface area contributed by atoms with E-state index < -0.39 is 0 Å². The maximum Gasteiger partial charge on any atom is 0.0703 e. The Bertz CT molecular complexity index is 111. The van der Waals surface area contributed by atoms with Crippen LogP contribution in [0.3, 0.4) is 0 Å². The molecule has 1 fully saturated rings. The zero-order valence-corrected chi connectivity index (χ0v) is 7.30. The second kappa shape index (κ2) is 2.98. The van der Waals surface area contributed by atoms with Gasteiger partial charge in [0.25, 0.3) is 0 Å². The van der Waals surface area contributed by atoms with Crippen molar-refractivity contribution < 1.29 is 0 Å². The van der Waals surface area contributed by atoms with Crippen molar-refractivity contribution >= 4 is 7.85 Å². The summed E-state index contributed by atoms with van der Waals surface area (Å²) < 4.78 is 0. The summed E-state index contributed by atoms with van der Waals surface area (Å²) in [5.74, 6) is 2.95. The lowest BCUT2D eigenvalue weighted by Crippen LogP contribution is -2.08. The quantitative estimate of drug-likeness (QED) is 0.486. The van der Waals surface area contributed by atoms with E-state index in [4.69, 9.17) is 7.85 Å². The highest BCUT2D eigenvalue weighted by Crippen LogP contribution is 2.44. The van der Waals surface area contributed by atoms with Crippen molar-refractivity contribution in [3.63, 3.8) is 0 Å². The van der Waals surface area contributed by atoms with Crippen LogP contribution < -0.4 is 0 Å². The van der Waals surface area contributed by atoms with E-state index in [0.717, 1.165) is 17.8 Å². The van der Waals surface area contributed by atoms with Crippen LogP contribution in [0.25, 0.3) is 0 Å². The number of hydrogen-bond acceptors (Lipinski definition) is 0. The van der Waals surface area contributed by atoms with Crippen molar-refractivity contribution in [1.29, 1.82) is 0 Å². The summed E-state index contributed by atoms with van der Waals surface area (Å²) in [6.45, 7) is 6.89. The fraction of sp³-hybridized carbons (Fsp3) is 1.00. The van der Waals surface area contributed by atoms with Crippen LogP contribution in [0, 0.1) is 17.8 Å². The molecule has 0 bridgehead atoms. The summed E-state index contributed by atoms with van der Waals surface area (Å²) in [7, 11) is 5.93. The Morgan fingerprint density at radius 3 is 2.10 bits per heavy atom. The van der Waals surface area contributed by atoms with E-state index in [9.17, 15) is 0 Å². The molecule has 56 valence electrons. The highest BCUT2D eigenvalue weighted by molar-refractivity contribution is 6.12. The van der Waals surface area contributed by atoms with Crippen LogP contribution in [0.2, 0.25) is 5.82 Å². The molecule has 1 rings (SSSR count). The van der Waals surface area contributed by atoms with Gasteiger partial charge in [-0.15, -0.1) is 0 Å². The molecule has 1 saturated carbocycles. The van der Waals surface area contributed by atoms with E-state index >= 15 is 0 Å². The highest BCUT2D eigenvalue weighted by Gasteiger charge is 2.33. The monoisotopic (exact) mass is 136 g/mol. The molecule has 0 aromatic carbocycles. The SMILES string of the molecule is [B]C1CC(CC)C(C)C1C. The maximum absolute atomic E-state index is 5.93. The van der Waals surface area contributed by atoms with Gasteiger partial charge in [-0.3, -0.25) is 0 Å². The lowest BCUT2D eigenvalue weighted by Gasteiger charge is -2.16. The Hall–Kier alpha value is 0.0649. The predicted octanol–water partition coefficient (Wildman–Crippen LogP) is 2.65. The molecule has 0 spiro atoms. The molecule has 4 unspecified atom stereocenters. The first kappa shape index (κ1) is 8.16. The summed E-state index contributed by atoms with van der Waals surface area (Å²) in [4.78, 5) is 0. The van der Waals surface area contributed by atoms with Gasteiger partial charge in [0.2, 0.25) is 0 Å². The van der Waals surface area contributed by atoms with E-state index in [1.807, 2.05) is 0 Å². The average Bonchev–Trinajstić information content (AvgIpc) is 2.17. The van der Waals surface area contributed by atoms with E-state index in [-0.39, 0.29) is 0 Å². The molecule has 0 aromatic heterocycles. The topological polar surface area (TPSA) is 0 Å². The lowest BCUT2D eigenvalue weighted by atomic mass is 9.78. The number of rotatable bonds is 1.